The molecule has 0 saturated heterocycles. The van der Waals surface area contributed by atoms with Gasteiger partial charge in [0.1, 0.15) is 7.14 Å². The van der Waals surface area contributed by atoms with Crippen molar-refractivity contribution in [3.05, 3.63) is 0 Å². The first-order valence-corrected chi connectivity index (χ1v) is 8.26. The number of hydrogen-bond donors (Lipinski definition) is 1. The predicted octanol–water partition coefficient (Wildman–Crippen LogP) is 2.93. The van der Waals surface area contributed by atoms with Gasteiger partial charge in [0.15, 0.2) is 5.66 Å². The molecule has 17 heavy (non-hydrogen) atoms. The van der Waals surface area contributed by atoms with Gasteiger partial charge in [-0.3, -0.25) is 4.79 Å². The molecule has 0 aromatic carbocycles. The highest BCUT2D eigenvalue weighted by Crippen LogP contribution is 2.68. The normalized spacial score (nSPS) is 22.9. The Labute approximate surface area is 102 Å². The Morgan fingerprint density at radius 3 is 1.94 bits per heavy atom. The lowest BCUT2D eigenvalue weighted by atomic mass is 9.99. The topological polar surface area (TPSA) is 54.4 Å². The summed E-state index contributed by atoms with van der Waals surface area (Å²) in [7, 11) is -2.68. The molecular formula is C13H19O3P. The maximum absolute atomic E-state index is 13.2. The van der Waals surface area contributed by atoms with Gasteiger partial charge >= 0.3 is 5.97 Å². The van der Waals surface area contributed by atoms with Crippen LogP contribution in [0.3, 0.4) is 0 Å². The smallest absolute Gasteiger partial charge is 0.326 e. The van der Waals surface area contributed by atoms with E-state index in [1.54, 1.807) is 6.92 Å². The van der Waals surface area contributed by atoms with E-state index in [2.05, 4.69) is 11.8 Å². The van der Waals surface area contributed by atoms with Gasteiger partial charge in [-0.1, -0.05) is 18.8 Å². The molecule has 3 nitrogen and oxygen atoms in total. The van der Waals surface area contributed by atoms with Crippen LogP contribution in [0.1, 0.15) is 45.4 Å². The highest BCUT2D eigenvalue weighted by atomic mass is 31.2. The number of carboxylic acids is 1. The molecule has 1 atom stereocenters. The van der Waals surface area contributed by atoms with Gasteiger partial charge in [0.2, 0.25) is 0 Å². The Hall–Kier alpha value is -0.740. The van der Waals surface area contributed by atoms with Crippen LogP contribution in [0.25, 0.3) is 0 Å². The van der Waals surface area contributed by atoms with Gasteiger partial charge in [-0.2, -0.15) is 0 Å². The van der Waals surface area contributed by atoms with Crippen molar-refractivity contribution in [3.63, 3.8) is 0 Å². The second-order valence-electron chi connectivity index (χ2n) is 5.07. The van der Waals surface area contributed by atoms with Gasteiger partial charge in [-0.25, -0.2) is 0 Å². The largest absolute Gasteiger partial charge is 0.480 e. The summed E-state index contributed by atoms with van der Waals surface area (Å²) in [5, 5.41) is 9.30. The van der Waals surface area contributed by atoms with Crippen molar-refractivity contribution in [2.75, 3.05) is 0 Å². The summed E-state index contributed by atoms with van der Waals surface area (Å²) in [6.45, 7) is 1.63. The minimum Gasteiger partial charge on any atom is -0.480 e. The van der Waals surface area contributed by atoms with E-state index in [0.29, 0.717) is 0 Å². The molecule has 1 N–H and O–H groups in total. The van der Waals surface area contributed by atoms with Crippen LogP contribution in [0, 0.1) is 11.8 Å². The zero-order valence-corrected chi connectivity index (χ0v) is 11.1. The van der Waals surface area contributed by atoms with Crippen molar-refractivity contribution < 1.29 is 14.5 Å². The fourth-order valence-electron chi connectivity index (χ4n) is 2.77. The first-order chi connectivity index (χ1) is 8.10. The fraction of sp³-hybridized carbons (Fsp3) is 0.769. The average molecular weight is 254 g/mol. The van der Waals surface area contributed by atoms with Gasteiger partial charge in [0, 0.05) is 11.3 Å². The van der Waals surface area contributed by atoms with Crippen molar-refractivity contribution in [1.29, 1.82) is 0 Å². The monoisotopic (exact) mass is 254 g/mol. The molecule has 94 valence electrons. The van der Waals surface area contributed by atoms with E-state index in [9.17, 15) is 14.5 Å². The average Bonchev–Trinajstić information content (AvgIpc) is 2.06. The SMILES string of the molecule is CC#CC(C(=O)O)P(=O)(C1CCC1)C1CCC1. The third-order valence-corrected chi connectivity index (χ3v) is 8.68. The van der Waals surface area contributed by atoms with E-state index in [-0.39, 0.29) is 11.3 Å². The molecule has 2 fully saturated rings. The Morgan fingerprint density at radius 2 is 1.71 bits per heavy atom. The Kier molecular flexibility index (Phi) is 3.64. The van der Waals surface area contributed by atoms with Gasteiger partial charge in [0.05, 0.1) is 0 Å². The van der Waals surface area contributed by atoms with Gasteiger partial charge in [0.25, 0.3) is 0 Å². The summed E-state index contributed by atoms with van der Waals surface area (Å²) < 4.78 is 13.2. The maximum atomic E-state index is 13.2. The van der Waals surface area contributed by atoms with Gasteiger partial charge in [-0.05, 0) is 32.6 Å². The summed E-state index contributed by atoms with van der Waals surface area (Å²) in [4.78, 5) is 11.4. The minimum atomic E-state index is -2.68. The van der Waals surface area contributed by atoms with Crippen molar-refractivity contribution in [2.45, 2.75) is 62.4 Å². The molecule has 0 aromatic heterocycles. The number of carboxylic acid groups (broad SMARTS) is 1. The summed E-state index contributed by atoms with van der Waals surface area (Å²) >= 11 is 0. The zero-order valence-electron chi connectivity index (χ0n) is 10.2. The molecule has 0 amide bonds. The Balaban J connectivity index is 2.32. The van der Waals surface area contributed by atoms with E-state index < -0.39 is 18.8 Å². The highest BCUT2D eigenvalue weighted by Gasteiger charge is 2.52. The predicted molar refractivity (Wildman–Crippen MR) is 67.8 cm³/mol. The molecule has 2 rings (SSSR count). The van der Waals surface area contributed by atoms with E-state index >= 15 is 0 Å². The van der Waals surface area contributed by atoms with Crippen molar-refractivity contribution in [1.82, 2.24) is 0 Å². The summed E-state index contributed by atoms with van der Waals surface area (Å²) in [5.74, 6) is 4.38. The van der Waals surface area contributed by atoms with Crippen LogP contribution in [0.15, 0.2) is 0 Å². The third kappa shape index (κ3) is 2.04. The van der Waals surface area contributed by atoms with Crippen LogP contribution in [-0.4, -0.2) is 28.1 Å². The third-order valence-electron chi connectivity index (χ3n) is 4.21. The first kappa shape index (κ1) is 12.7. The standard InChI is InChI=1S/C13H19O3P/c1-2-5-12(13(14)15)17(16,10-6-3-7-10)11-8-4-9-11/h10-12H,3-4,6-9H2,1H3,(H,14,15). The molecule has 0 aliphatic heterocycles. The van der Waals surface area contributed by atoms with E-state index in [4.69, 9.17) is 0 Å². The number of rotatable bonds is 4. The van der Waals surface area contributed by atoms with Crippen LogP contribution in [0.2, 0.25) is 0 Å². The molecule has 1 unspecified atom stereocenters. The van der Waals surface area contributed by atoms with Gasteiger partial charge < -0.3 is 9.67 Å². The van der Waals surface area contributed by atoms with E-state index in [1.807, 2.05) is 0 Å². The van der Waals surface area contributed by atoms with E-state index in [0.717, 1.165) is 38.5 Å². The Bertz CT molecular complexity index is 392. The number of carbonyl (C=O) groups is 1. The lowest BCUT2D eigenvalue weighted by Gasteiger charge is -2.44. The van der Waals surface area contributed by atoms with Crippen molar-refractivity contribution >= 4 is 13.1 Å². The molecule has 0 spiro atoms. The Morgan fingerprint density at radius 1 is 1.24 bits per heavy atom. The highest BCUT2D eigenvalue weighted by molar-refractivity contribution is 7.67. The summed E-state index contributed by atoms with van der Waals surface area (Å²) in [5.41, 5.74) is -0.646. The molecule has 2 aliphatic rings. The molecule has 0 heterocycles. The lowest BCUT2D eigenvalue weighted by molar-refractivity contribution is -0.135. The summed E-state index contributed by atoms with van der Waals surface area (Å²) in [6, 6.07) is 0. The quantitative estimate of drug-likeness (QED) is 0.620. The molecule has 0 aromatic rings. The summed E-state index contributed by atoms with van der Waals surface area (Å²) in [6.07, 6.45) is 5.92. The first-order valence-electron chi connectivity index (χ1n) is 6.35. The zero-order chi connectivity index (χ0) is 12.5. The molecule has 0 bridgehead atoms. The van der Waals surface area contributed by atoms with Crippen molar-refractivity contribution in [3.8, 4) is 11.8 Å². The van der Waals surface area contributed by atoms with Crippen LogP contribution in [0.4, 0.5) is 0 Å². The second-order valence-corrected chi connectivity index (χ2v) is 8.57. The minimum absolute atomic E-state index is 0.134. The fourth-order valence-corrected chi connectivity index (χ4v) is 7.23. The number of hydrogen-bond acceptors (Lipinski definition) is 2. The van der Waals surface area contributed by atoms with E-state index in [1.165, 1.54) is 0 Å². The molecule has 2 aliphatic carbocycles. The van der Waals surface area contributed by atoms with Crippen LogP contribution >= 0.6 is 7.14 Å². The molecule has 2 saturated carbocycles. The van der Waals surface area contributed by atoms with Gasteiger partial charge in [-0.15, -0.1) is 5.92 Å². The second kappa shape index (κ2) is 4.86. The lowest BCUT2D eigenvalue weighted by Crippen LogP contribution is -2.37. The molecular weight excluding hydrogens is 235 g/mol. The van der Waals surface area contributed by atoms with Crippen LogP contribution < -0.4 is 0 Å². The van der Waals surface area contributed by atoms with Crippen molar-refractivity contribution in [2.24, 2.45) is 0 Å². The van der Waals surface area contributed by atoms with Crippen LogP contribution in [-0.2, 0) is 9.36 Å². The number of aliphatic carboxylic acids is 1. The van der Waals surface area contributed by atoms with Crippen LogP contribution in [0.5, 0.6) is 0 Å². The maximum Gasteiger partial charge on any atom is 0.326 e. The molecule has 4 heteroatoms. The molecule has 0 radical (unpaired) electrons.